The van der Waals surface area contributed by atoms with Gasteiger partial charge in [0.1, 0.15) is 23.3 Å². The molecule has 4 heterocycles. The van der Waals surface area contributed by atoms with Crippen LogP contribution in [0.2, 0.25) is 0 Å². The molecule has 1 amide bonds. The number of anilines is 4. The molecule has 3 aromatic carbocycles. The van der Waals surface area contributed by atoms with Crippen molar-refractivity contribution in [2.24, 2.45) is 29.6 Å². The molecule has 0 aromatic heterocycles. The topological polar surface area (TPSA) is 206 Å². The van der Waals surface area contributed by atoms with Gasteiger partial charge in [0.25, 0.3) is 11.7 Å². The molecule has 0 saturated carbocycles. The Kier molecular flexibility index (Phi) is 13.0. The predicted molar refractivity (Wildman–Crippen MR) is 243 cm³/mol. The van der Waals surface area contributed by atoms with E-state index in [1.54, 1.807) is 65.8 Å². The maximum atomic E-state index is 14.8. The molecule has 4 aliphatic rings. The number of nitrogens with zero attached hydrogens (tertiary/aromatic N) is 1. The summed E-state index contributed by atoms with van der Waals surface area (Å²) < 4.78 is 30.7. The highest BCUT2D eigenvalue weighted by atomic mass is 16.7. The van der Waals surface area contributed by atoms with Crippen LogP contribution in [0.4, 0.5) is 22.7 Å². The molecule has 3 aromatic rings. The predicted octanol–water partition coefficient (Wildman–Crippen LogP) is 8.13. The van der Waals surface area contributed by atoms with Gasteiger partial charge in [0.2, 0.25) is 0 Å². The first-order chi connectivity index (χ1) is 30.3. The highest BCUT2D eigenvalue weighted by Crippen LogP contribution is 2.60. The number of Topliss-reactive ketones (excluding diaryl/α,β-unsaturated/α-hetero) is 1. The quantitative estimate of drug-likeness (QED) is 0.0653. The second-order valence-corrected chi connectivity index (χ2v) is 18.2. The van der Waals surface area contributed by atoms with Crippen LogP contribution in [0.25, 0.3) is 10.8 Å². The highest BCUT2D eigenvalue weighted by molar-refractivity contribution is 6.25. The second kappa shape index (κ2) is 18.0. The molecule has 0 aliphatic carbocycles. The molecule has 4 bridgehead atoms. The number of carbonyl (C=O) groups is 3. The van der Waals surface area contributed by atoms with Crippen LogP contribution >= 0.6 is 0 Å². The Morgan fingerprint density at radius 1 is 0.922 bits per heavy atom. The first kappa shape index (κ1) is 46.2. The molecule has 64 heavy (non-hydrogen) atoms. The van der Waals surface area contributed by atoms with Gasteiger partial charge in [-0.2, -0.15) is 0 Å². The number of esters is 1. The zero-order chi connectivity index (χ0) is 46.5. The number of aliphatic hydroxyl groups is 2. The van der Waals surface area contributed by atoms with E-state index in [-0.39, 0.29) is 50.3 Å². The number of rotatable bonds is 3. The number of carbonyl (C=O) groups excluding carboxylic acids is 3. The van der Waals surface area contributed by atoms with Gasteiger partial charge in [-0.3, -0.25) is 14.4 Å². The van der Waals surface area contributed by atoms with Gasteiger partial charge in [0.05, 0.1) is 46.9 Å². The van der Waals surface area contributed by atoms with Crippen LogP contribution in [0, 0.1) is 36.5 Å². The van der Waals surface area contributed by atoms with Crippen LogP contribution in [-0.4, -0.2) is 88.5 Å². The van der Waals surface area contributed by atoms with E-state index in [0.29, 0.717) is 17.4 Å². The SMILES string of the molecule is CO[C@H]1/C=C/O[C@@]2(C)Oc3c(C)c(O)c4c(O)c(c5c(c4c3C2=O)Nc2ccc(N3CCCC(C)C3)cc2O5)NC(=O)/C(C)=C\C=C\[C@H](C)[C@H](O)[C@@H](C)[C@@H](O)[C@@H](C)[C@H](OC(C)=O)[C@@H]1C. The molecule has 344 valence electrons. The zero-order valence-electron chi connectivity index (χ0n) is 38.1. The van der Waals surface area contributed by atoms with E-state index in [1.807, 2.05) is 18.2 Å². The molecule has 1 unspecified atom stereocenters. The molecule has 15 heteroatoms. The maximum Gasteiger partial charge on any atom is 0.312 e. The average Bonchev–Trinajstić information content (AvgIpc) is 3.53. The molecule has 1 saturated heterocycles. The minimum absolute atomic E-state index is 0.000377. The number of hydrogen-bond donors (Lipinski definition) is 6. The summed E-state index contributed by atoms with van der Waals surface area (Å²) in [7, 11) is 1.46. The number of hydrogen-bond acceptors (Lipinski definition) is 14. The minimum Gasteiger partial charge on any atom is -0.507 e. The molecule has 10 atom stereocenters. The summed E-state index contributed by atoms with van der Waals surface area (Å²) in [4.78, 5) is 43.5. The Bertz CT molecular complexity index is 2440. The van der Waals surface area contributed by atoms with E-state index in [4.69, 9.17) is 23.7 Å². The van der Waals surface area contributed by atoms with Crippen LogP contribution in [0.15, 0.2) is 54.3 Å². The normalized spacial score (nSPS) is 31.6. The van der Waals surface area contributed by atoms with Gasteiger partial charge in [-0.25, -0.2) is 0 Å². The van der Waals surface area contributed by atoms with Crippen molar-refractivity contribution in [2.75, 3.05) is 35.7 Å². The van der Waals surface area contributed by atoms with Crippen molar-refractivity contribution in [1.82, 2.24) is 0 Å². The van der Waals surface area contributed by atoms with Crippen LogP contribution in [0.5, 0.6) is 28.7 Å². The number of allylic oxidation sites excluding steroid dienone is 2. The van der Waals surface area contributed by atoms with Gasteiger partial charge in [0.15, 0.2) is 17.2 Å². The minimum atomic E-state index is -1.99. The molecule has 4 aliphatic heterocycles. The summed E-state index contributed by atoms with van der Waals surface area (Å²) >= 11 is 0. The summed E-state index contributed by atoms with van der Waals surface area (Å²) in [5.41, 5.74) is 1.87. The van der Waals surface area contributed by atoms with Crippen LogP contribution in [0.3, 0.4) is 0 Å². The number of nitrogens with one attached hydrogen (secondary N) is 2. The lowest BCUT2D eigenvalue weighted by molar-refractivity contribution is -0.160. The summed E-state index contributed by atoms with van der Waals surface area (Å²) in [6.07, 6.45) is 6.04. The van der Waals surface area contributed by atoms with Crippen molar-refractivity contribution < 1.29 is 58.5 Å². The molecule has 0 radical (unpaired) electrons. The van der Waals surface area contributed by atoms with E-state index in [2.05, 4.69) is 22.5 Å². The van der Waals surface area contributed by atoms with Gasteiger partial charge in [0, 0.05) is 86.0 Å². The molecule has 6 N–H and O–H groups in total. The van der Waals surface area contributed by atoms with Gasteiger partial charge >= 0.3 is 11.8 Å². The lowest BCUT2D eigenvalue weighted by atomic mass is 9.78. The first-order valence-corrected chi connectivity index (χ1v) is 22.0. The van der Waals surface area contributed by atoms with Crippen molar-refractivity contribution in [3.63, 3.8) is 0 Å². The van der Waals surface area contributed by atoms with Crippen molar-refractivity contribution in [1.29, 1.82) is 0 Å². The number of methoxy groups -OCH3 is 1. The Labute approximate surface area is 373 Å². The lowest BCUT2D eigenvalue weighted by Crippen LogP contribution is -2.46. The standard InChI is InChI=1S/C49H61N3O12/c1-23-13-12-19-52(22-23)31-16-17-32-34(21-31)63-46-38(50-32)35-36-42(56)29(7)45-37(35)47(58)49(9,64-45)61-20-18-33(60-10)26(4)44(62-30(8)53)28(6)41(55)27(5)40(54)24(2)14-11-15-25(3)48(59)51-39(46)43(36)57/h11,14-18,20-21,23-24,26-28,33,40-41,44,50,54-57H,12-13,19,22H2,1-10H3,(H,51,59)/b14-11+,20-18+,25-15-/t23?,24-,26+,27+,28+,33-,40-,41+,44+,49-/m0/s1. The van der Waals surface area contributed by atoms with Crippen LogP contribution < -0.4 is 25.0 Å². The number of phenols is 2. The summed E-state index contributed by atoms with van der Waals surface area (Å²) in [6, 6.07) is 5.75. The number of aliphatic hydroxyl groups excluding tert-OH is 2. The summed E-state index contributed by atoms with van der Waals surface area (Å²) in [5.74, 6) is -6.25. The molecule has 0 spiro atoms. The lowest BCUT2D eigenvalue weighted by Gasteiger charge is -2.38. The Hall–Kier alpha value is -5.77. The van der Waals surface area contributed by atoms with Crippen LogP contribution in [0.1, 0.15) is 84.2 Å². The van der Waals surface area contributed by atoms with Crippen LogP contribution in [-0.2, 0) is 23.8 Å². The van der Waals surface area contributed by atoms with Crippen molar-refractivity contribution >= 4 is 51.2 Å². The van der Waals surface area contributed by atoms with Gasteiger partial charge in [-0.15, -0.1) is 0 Å². The zero-order valence-corrected chi connectivity index (χ0v) is 38.1. The molecular weight excluding hydrogens is 823 g/mol. The smallest absolute Gasteiger partial charge is 0.312 e. The Balaban J connectivity index is 1.39. The molecule has 7 rings (SSSR count). The molecular formula is C49H61N3O12. The third-order valence-corrected chi connectivity index (χ3v) is 13.4. The van der Waals surface area contributed by atoms with E-state index >= 15 is 0 Å². The van der Waals surface area contributed by atoms with Gasteiger partial charge < -0.3 is 59.6 Å². The third-order valence-electron chi connectivity index (χ3n) is 13.4. The van der Waals surface area contributed by atoms with Gasteiger partial charge in [-0.05, 0) is 50.8 Å². The number of fused-ring (bicyclic) bond motifs is 2. The number of aromatic hydroxyl groups is 2. The fourth-order valence-electron chi connectivity index (χ4n) is 9.50. The number of ether oxygens (including phenoxy) is 5. The van der Waals surface area contributed by atoms with E-state index < -0.39 is 83.0 Å². The average molecular weight is 884 g/mol. The largest absolute Gasteiger partial charge is 0.507 e. The summed E-state index contributed by atoms with van der Waals surface area (Å²) in [6.45, 7) is 16.8. The number of phenolic OH excluding ortho intramolecular Hbond substituents is 2. The van der Waals surface area contributed by atoms with E-state index in [9.17, 15) is 34.8 Å². The fraction of sp³-hybridized carbons (Fsp3) is 0.490. The Morgan fingerprint density at radius 3 is 2.34 bits per heavy atom. The number of ketones is 1. The maximum absolute atomic E-state index is 14.8. The van der Waals surface area contributed by atoms with Gasteiger partial charge in [-0.1, -0.05) is 52.8 Å². The molecule has 15 nitrogen and oxygen atoms in total. The molecule has 1 fully saturated rings. The number of amides is 1. The van der Waals surface area contributed by atoms with Crippen molar-refractivity contribution in [3.05, 3.63) is 65.5 Å². The highest BCUT2D eigenvalue weighted by Gasteiger charge is 2.50. The third kappa shape index (κ3) is 8.36. The van der Waals surface area contributed by atoms with Crippen molar-refractivity contribution in [2.45, 2.75) is 105 Å². The van der Waals surface area contributed by atoms with Crippen molar-refractivity contribution in [3.8, 4) is 28.7 Å². The van der Waals surface area contributed by atoms with E-state index in [1.165, 1.54) is 27.2 Å². The fourth-order valence-corrected chi connectivity index (χ4v) is 9.50. The number of piperidine rings is 1. The van der Waals surface area contributed by atoms with E-state index in [0.717, 1.165) is 31.6 Å². The first-order valence-electron chi connectivity index (χ1n) is 22.0. The number of benzene rings is 3. The second-order valence-electron chi connectivity index (χ2n) is 18.2. The monoisotopic (exact) mass is 883 g/mol. The summed E-state index contributed by atoms with van der Waals surface area (Å²) in [5, 5.41) is 53.3. The Morgan fingerprint density at radius 2 is 1.66 bits per heavy atom.